The molecule has 0 aliphatic carbocycles. The third-order valence-corrected chi connectivity index (χ3v) is 3.58. The van der Waals surface area contributed by atoms with E-state index < -0.39 is 0 Å². The molecular formula is C17H20N2O. The molecule has 1 atom stereocenters. The highest BCUT2D eigenvalue weighted by Crippen LogP contribution is 2.18. The predicted molar refractivity (Wildman–Crippen MR) is 84.2 cm³/mol. The van der Waals surface area contributed by atoms with Crippen molar-refractivity contribution in [2.24, 2.45) is 0 Å². The third kappa shape index (κ3) is 2.99. The second kappa shape index (κ2) is 6.24. The average molecular weight is 268 g/mol. The van der Waals surface area contributed by atoms with E-state index in [9.17, 15) is 4.79 Å². The number of rotatable bonds is 4. The summed E-state index contributed by atoms with van der Waals surface area (Å²) in [6, 6.07) is 19.4. The third-order valence-electron chi connectivity index (χ3n) is 3.58. The highest BCUT2D eigenvalue weighted by molar-refractivity contribution is 5.98. The van der Waals surface area contributed by atoms with E-state index in [2.05, 4.69) is 0 Å². The molecule has 0 bridgehead atoms. The Balaban J connectivity index is 2.13. The maximum atomic E-state index is 12.5. The van der Waals surface area contributed by atoms with Gasteiger partial charge in [0, 0.05) is 25.5 Å². The Hall–Kier alpha value is -2.29. The molecule has 0 saturated heterocycles. The quantitative estimate of drug-likeness (QED) is 0.850. The smallest absolute Gasteiger partial charge is 0.249 e. The Morgan fingerprint density at radius 2 is 1.30 bits per heavy atom. The number of para-hydroxylation sites is 2. The molecule has 2 aromatic carbocycles. The maximum Gasteiger partial charge on any atom is 0.249 e. The van der Waals surface area contributed by atoms with E-state index in [4.69, 9.17) is 0 Å². The monoisotopic (exact) mass is 268 g/mol. The van der Waals surface area contributed by atoms with Gasteiger partial charge in [0.15, 0.2) is 0 Å². The topological polar surface area (TPSA) is 23.6 Å². The number of amides is 1. The van der Waals surface area contributed by atoms with Crippen LogP contribution in [0.15, 0.2) is 60.7 Å². The van der Waals surface area contributed by atoms with Gasteiger partial charge in [-0.1, -0.05) is 36.4 Å². The standard InChI is InChI=1S/C17H20N2O/c1-14(18(2)15-10-6-4-7-11-15)17(20)19(3)16-12-8-5-9-13-16/h4-14H,1-3H3/t14-/m0/s1. The van der Waals surface area contributed by atoms with E-state index in [1.165, 1.54) is 0 Å². The summed E-state index contributed by atoms with van der Waals surface area (Å²) in [6.07, 6.45) is 0. The summed E-state index contributed by atoms with van der Waals surface area (Å²) in [6.45, 7) is 1.93. The number of hydrogen-bond donors (Lipinski definition) is 0. The first-order valence-corrected chi connectivity index (χ1v) is 6.71. The average Bonchev–Trinajstić information content (AvgIpc) is 2.53. The highest BCUT2D eigenvalue weighted by atomic mass is 16.2. The predicted octanol–water partition coefficient (Wildman–Crippen LogP) is 3.17. The number of hydrogen-bond acceptors (Lipinski definition) is 2. The molecule has 0 aliphatic heterocycles. The Morgan fingerprint density at radius 3 is 1.80 bits per heavy atom. The van der Waals surface area contributed by atoms with E-state index in [1.807, 2.05) is 86.6 Å². The zero-order valence-corrected chi connectivity index (χ0v) is 12.2. The Morgan fingerprint density at radius 1 is 0.850 bits per heavy atom. The largest absolute Gasteiger partial charge is 0.363 e. The van der Waals surface area contributed by atoms with Crippen molar-refractivity contribution in [3.8, 4) is 0 Å². The normalized spacial score (nSPS) is 11.8. The number of likely N-dealkylation sites (N-methyl/N-ethyl adjacent to an activating group) is 2. The van der Waals surface area contributed by atoms with Gasteiger partial charge in [-0.05, 0) is 31.2 Å². The van der Waals surface area contributed by atoms with Gasteiger partial charge >= 0.3 is 0 Å². The maximum absolute atomic E-state index is 12.5. The Kier molecular flexibility index (Phi) is 4.41. The zero-order chi connectivity index (χ0) is 14.5. The van der Waals surface area contributed by atoms with Crippen LogP contribution in [0.2, 0.25) is 0 Å². The fourth-order valence-corrected chi connectivity index (χ4v) is 2.11. The molecule has 0 saturated carbocycles. The first-order chi connectivity index (χ1) is 9.61. The molecule has 0 aromatic heterocycles. The molecule has 0 heterocycles. The highest BCUT2D eigenvalue weighted by Gasteiger charge is 2.22. The molecule has 2 aromatic rings. The van der Waals surface area contributed by atoms with Gasteiger partial charge in [0.1, 0.15) is 6.04 Å². The summed E-state index contributed by atoms with van der Waals surface area (Å²) in [5, 5.41) is 0. The molecule has 2 rings (SSSR count). The lowest BCUT2D eigenvalue weighted by molar-refractivity contribution is -0.119. The molecule has 0 aliphatic rings. The molecule has 0 unspecified atom stereocenters. The van der Waals surface area contributed by atoms with E-state index in [0.29, 0.717) is 0 Å². The molecule has 3 nitrogen and oxygen atoms in total. The minimum Gasteiger partial charge on any atom is -0.363 e. The summed E-state index contributed by atoms with van der Waals surface area (Å²) in [4.78, 5) is 16.2. The van der Waals surface area contributed by atoms with E-state index >= 15 is 0 Å². The van der Waals surface area contributed by atoms with Gasteiger partial charge in [0.05, 0.1) is 0 Å². The van der Waals surface area contributed by atoms with Crippen molar-refractivity contribution in [3.63, 3.8) is 0 Å². The van der Waals surface area contributed by atoms with Crippen molar-refractivity contribution in [3.05, 3.63) is 60.7 Å². The van der Waals surface area contributed by atoms with Crippen molar-refractivity contribution < 1.29 is 4.79 Å². The molecule has 0 N–H and O–H groups in total. The van der Waals surface area contributed by atoms with Gasteiger partial charge in [0.2, 0.25) is 5.91 Å². The number of carbonyl (C=O) groups is 1. The molecule has 1 amide bonds. The molecule has 0 radical (unpaired) electrons. The van der Waals surface area contributed by atoms with Gasteiger partial charge in [-0.25, -0.2) is 0 Å². The van der Waals surface area contributed by atoms with Crippen LogP contribution in [0, 0.1) is 0 Å². The van der Waals surface area contributed by atoms with Crippen molar-refractivity contribution >= 4 is 17.3 Å². The molecule has 0 spiro atoms. The fourth-order valence-electron chi connectivity index (χ4n) is 2.11. The summed E-state index contributed by atoms with van der Waals surface area (Å²) in [5.74, 6) is 0.0718. The molecule has 3 heteroatoms. The molecule has 0 fully saturated rings. The van der Waals surface area contributed by atoms with Crippen LogP contribution < -0.4 is 9.80 Å². The van der Waals surface area contributed by atoms with E-state index in [1.54, 1.807) is 4.90 Å². The molecular weight excluding hydrogens is 248 g/mol. The minimum absolute atomic E-state index is 0.0718. The van der Waals surface area contributed by atoms with Crippen molar-refractivity contribution in [2.45, 2.75) is 13.0 Å². The van der Waals surface area contributed by atoms with Crippen LogP contribution >= 0.6 is 0 Å². The first-order valence-electron chi connectivity index (χ1n) is 6.71. The van der Waals surface area contributed by atoms with Gasteiger partial charge in [0.25, 0.3) is 0 Å². The van der Waals surface area contributed by atoms with Crippen LogP contribution in [-0.4, -0.2) is 26.0 Å². The van der Waals surface area contributed by atoms with Gasteiger partial charge < -0.3 is 9.80 Å². The van der Waals surface area contributed by atoms with Gasteiger partial charge in [-0.2, -0.15) is 0 Å². The van der Waals surface area contributed by atoms with Crippen LogP contribution in [0.3, 0.4) is 0 Å². The summed E-state index contributed by atoms with van der Waals surface area (Å²) >= 11 is 0. The van der Waals surface area contributed by atoms with E-state index in [-0.39, 0.29) is 11.9 Å². The summed E-state index contributed by atoms with van der Waals surface area (Å²) in [7, 11) is 3.75. The zero-order valence-electron chi connectivity index (χ0n) is 12.2. The lowest BCUT2D eigenvalue weighted by Crippen LogP contribution is -2.44. The van der Waals surface area contributed by atoms with Crippen molar-refractivity contribution in [2.75, 3.05) is 23.9 Å². The van der Waals surface area contributed by atoms with Gasteiger partial charge in [-0.15, -0.1) is 0 Å². The van der Waals surface area contributed by atoms with Crippen LogP contribution in [0.5, 0.6) is 0 Å². The lowest BCUT2D eigenvalue weighted by Gasteiger charge is -2.29. The molecule has 20 heavy (non-hydrogen) atoms. The number of benzene rings is 2. The molecule has 104 valence electrons. The minimum atomic E-state index is -0.220. The second-order valence-corrected chi connectivity index (χ2v) is 4.86. The first kappa shape index (κ1) is 14.1. The number of nitrogens with zero attached hydrogens (tertiary/aromatic N) is 2. The SMILES string of the molecule is C[C@@H](C(=O)N(C)c1ccccc1)N(C)c1ccccc1. The van der Waals surface area contributed by atoms with Crippen LogP contribution in [0.1, 0.15) is 6.92 Å². The Labute approximate surface area is 120 Å². The van der Waals surface area contributed by atoms with Gasteiger partial charge in [-0.3, -0.25) is 4.79 Å². The number of carbonyl (C=O) groups excluding carboxylic acids is 1. The van der Waals surface area contributed by atoms with E-state index in [0.717, 1.165) is 11.4 Å². The van der Waals surface area contributed by atoms with Crippen molar-refractivity contribution in [1.82, 2.24) is 0 Å². The van der Waals surface area contributed by atoms with Crippen molar-refractivity contribution in [1.29, 1.82) is 0 Å². The Bertz CT molecular complexity index is 554. The lowest BCUT2D eigenvalue weighted by atomic mass is 10.2. The van der Waals surface area contributed by atoms with Crippen LogP contribution in [-0.2, 0) is 4.79 Å². The second-order valence-electron chi connectivity index (χ2n) is 4.86. The summed E-state index contributed by atoms with van der Waals surface area (Å²) in [5.41, 5.74) is 1.95. The number of anilines is 2. The van der Waals surface area contributed by atoms with Crippen LogP contribution in [0.25, 0.3) is 0 Å². The van der Waals surface area contributed by atoms with Crippen LogP contribution in [0.4, 0.5) is 11.4 Å². The fraction of sp³-hybridized carbons (Fsp3) is 0.235. The summed E-state index contributed by atoms with van der Waals surface area (Å²) < 4.78 is 0.